The first-order valence-corrected chi connectivity index (χ1v) is 10.3. The summed E-state index contributed by atoms with van der Waals surface area (Å²) in [7, 11) is 0. The van der Waals surface area contributed by atoms with Crippen LogP contribution in [0.3, 0.4) is 0 Å². The lowest BCUT2D eigenvalue weighted by Gasteiger charge is -2.10. The third kappa shape index (κ3) is 3.45. The maximum absolute atomic E-state index is 13.2. The number of amides is 1. The van der Waals surface area contributed by atoms with Gasteiger partial charge in [0, 0.05) is 24.4 Å². The van der Waals surface area contributed by atoms with E-state index in [9.17, 15) is 4.79 Å². The number of rotatable bonds is 5. The molecule has 1 saturated carbocycles. The van der Waals surface area contributed by atoms with Crippen LogP contribution in [0, 0.1) is 13.8 Å². The molecule has 0 bridgehead atoms. The average molecular weight is 397 g/mol. The highest BCUT2D eigenvalue weighted by Gasteiger charge is 2.29. The van der Waals surface area contributed by atoms with Crippen LogP contribution in [0.25, 0.3) is 16.9 Å². The van der Waals surface area contributed by atoms with E-state index in [0.29, 0.717) is 29.5 Å². The summed E-state index contributed by atoms with van der Waals surface area (Å²) >= 11 is 0. The number of nitrogens with one attached hydrogen (secondary N) is 1. The fraction of sp³-hybridized carbons (Fsp3) is 0.250. The topological polar surface area (TPSA) is 72.7 Å². The van der Waals surface area contributed by atoms with Crippen LogP contribution in [0.5, 0.6) is 0 Å². The van der Waals surface area contributed by atoms with Crippen LogP contribution >= 0.6 is 0 Å². The fourth-order valence-corrected chi connectivity index (χ4v) is 3.81. The van der Waals surface area contributed by atoms with Gasteiger partial charge in [-0.1, -0.05) is 35.9 Å². The molecule has 1 amide bonds. The minimum absolute atomic E-state index is 0.102. The summed E-state index contributed by atoms with van der Waals surface area (Å²) < 4.78 is 1.74. The highest BCUT2D eigenvalue weighted by atomic mass is 16.1. The summed E-state index contributed by atoms with van der Waals surface area (Å²) in [6.07, 6.45) is 3.96. The lowest BCUT2D eigenvalue weighted by molar-refractivity contribution is 0.0952. The molecule has 150 valence electrons. The van der Waals surface area contributed by atoms with E-state index in [4.69, 9.17) is 4.98 Å². The van der Waals surface area contributed by atoms with Crippen LogP contribution in [0.1, 0.15) is 51.6 Å². The first-order valence-electron chi connectivity index (χ1n) is 10.3. The van der Waals surface area contributed by atoms with Gasteiger partial charge >= 0.3 is 0 Å². The Hall–Kier alpha value is -3.54. The lowest BCUT2D eigenvalue weighted by Crippen LogP contribution is -2.23. The predicted molar refractivity (Wildman–Crippen MR) is 116 cm³/mol. The van der Waals surface area contributed by atoms with E-state index >= 15 is 0 Å². The van der Waals surface area contributed by atoms with Gasteiger partial charge in [0.25, 0.3) is 5.91 Å². The number of nitrogens with zero attached hydrogens (tertiary/aromatic N) is 4. The largest absolute Gasteiger partial charge is 0.348 e. The standard InChI is InChI=1S/C24H23N5O/c1-15-6-5-7-17(12-15)14-26-24(30)19-13-20(18-9-10-18)27-23-22(19)16(2)28-29(23)21-8-3-4-11-25-21/h3-8,11-13,18H,9-10,14H2,1-2H3,(H,26,30). The monoisotopic (exact) mass is 397 g/mol. The molecule has 4 aromatic rings. The van der Waals surface area contributed by atoms with Gasteiger partial charge in [-0.3, -0.25) is 4.79 Å². The second-order valence-electron chi connectivity index (χ2n) is 7.92. The summed E-state index contributed by atoms with van der Waals surface area (Å²) in [6, 6.07) is 15.8. The summed E-state index contributed by atoms with van der Waals surface area (Å²) in [5.74, 6) is 1.02. The van der Waals surface area contributed by atoms with Crippen molar-refractivity contribution in [3.05, 3.63) is 82.8 Å². The first-order chi connectivity index (χ1) is 14.6. The highest BCUT2D eigenvalue weighted by Crippen LogP contribution is 2.40. The molecule has 30 heavy (non-hydrogen) atoms. The Balaban J connectivity index is 1.57. The van der Waals surface area contributed by atoms with Crippen molar-refractivity contribution in [2.75, 3.05) is 0 Å². The van der Waals surface area contributed by atoms with Gasteiger partial charge in [-0.15, -0.1) is 0 Å². The van der Waals surface area contributed by atoms with Gasteiger partial charge in [0.15, 0.2) is 11.5 Å². The molecular formula is C24H23N5O. The number of benzene rings is 1. The molecule has 1 aromatic carbocycles. The van der Waals surface area contributed by atoms with Gasteiger partial charge in [-0.2, -0.15) is 9.78 Å². The zero-order valence-corrected chi connectivity index (χ0v) is 17.1. The van der Waals surface area contributed by atoms with Crippen LogP contribution in [-0.2, 0) is 6.54 Å². The molecule has 3 heterocycles. The maximum Gasteiger partial charge on any atom is 0.252 e. The Morgan fingerprint density at radius 2 is 2.00 bits per heavy atom. The molecule has 0 spiro atoms. The molecule has 6 heteroatoms. The van der Waals surface area contributed by atoms with Gasteiger partial charge in [-0.25, -0.2) is 9.97 Å². The number of carbonyl (C=O) groups excluding carboxylic acids is 1. The molecule has 0 saturated heterocycles. The minimum Gasteiger partial charge on any atom is -0.348 e. The molecule has 1 N–H and O–H groups in total. The SMILES string of the molecule is Cc1cccc(CNC(=O)c2cc(C3CC3)nc3c2c(C)nn3-c2ccccn2)c1. The van der Waals surface area contributed by atoms with E-state index in [2.05, 4.69) is 34.5 Å². The third-order valence-electron chi connectivity index (χ3n) is 5.47. The van der Waals surface area contributed by atoms with Crippen molar-refractivity contribution in [3.8, 4) is 5.82 Å². The second kappa shape index (κ2) is 7.37. The van der Waals surface area contributed by atoms with E-state index in [0.717, 1.165) is 35.2 Å². The van der Waals surface area contributed by atoms with Crippen molar-refractivity contribution in [1.29, 1.82) is 0 Å². The molecule has 6 nitrogen and oxygen atoms in total. The molecule has 0 unspecified atom stereocenters. The minimum atomic E-state index is -0.102. The van der Waals surface area contributed by atoms with Gasteiger partial charge in [0.1, 0.15) is 0 Å². The van der Waals surface area contributed by atoms with Crippen molar-refractivity contribution in [2.24, 2.45) is 0 Å². The highest BCUT2D eigenvalue weighted by molar-refractivity contribution is 6.06. The van der Waals surface area contributed by atoms with Crippen LogP contribution < -0.4 is 5.32 Å². The number of fused-ring (bicyclic) bond motifs is 1. The number of aromatic nitrogens is 4. The zero-order valence-electron chi connectivity index (χ0n) is 17.1. The molecule has 0 radical (unpaired) electrons. The van der Waals surface area contributed by atoms with Crippen LogP contribution in [0.15, 0.2) is 54.7 Å². The van der Waals surface area contributed by atoms with Gasteiger partial charge < -0.3 is 5.32 Å². The van der Waals surface area contributed by atoms with E-state index in [1.165, 1.54) is 5.56 Å². The Bertz CT molecular complexity index is 1240. The molecule has 3 aromatic heterocycles. The predicted octanol–water partition coefficient (Wildman–Crippen LogP) is 4.24. The van der Waals surface area contributed by atoms with Gasteiger partial charge in [0.2, 0.25) is 0 Å². The quantitative estimate of drug-likeness (QED) is 0.547. The summed E-state index contributed by atoms with van der Waals surface area (Å²) in [5, 5.41) is 8.53. The van der Waals surface area contributed by atoms with Crippen LogP contribution in [0.4, 0.5) is 0 Å². The van der Waals surface area contributed by atoms with E-state index in [1.807, 2.05) is 43.3 Å². The summed E-state index contributed by atoms with van der Waals surface area (Å²) in [6.45, 7) is 4.45. The Labute approximate surface area is 175 Å². The maximum atomic E-state index is 13.2. The van der Waals surface area contributed by atoms with Crippen LogP contribution in [0.2, 0.25) is 0 Å². The third-order valence-corrected chi connectivity index (χ3v) is 5.47. The van der Waals surface area contributed by atoms with Crippen molar-refractivity contribution in [2.45, 2.75) is 39.2 Å². The van der Waals surface area contributed by atoms with Crippen molar-refractivity contribution in [1.82, 2.24) is 25.1 Å². The van der Waals surface area contributed by atoms with E-state index in [1.54, 1.807) is 10.9 Å². The molecule has 0 aliphatic heterocycles. The van der Waals surface area contributed by atoms with Crippen LogP contribution in [-0.4, -0.2) is 25.7 Å². The molecule has 5 rings (SSSR count). The Kier molecular flexibility index (Phi) is 4.54. The summed E-state index contributed by atoms with van der Waals surface area (Å²) in [4.78, 5) is 22.5. The van der Waals surface area contributed by atoms with Gasteiger partial charge in [-0.05, 0) is 50.5 Å². The molecule has 0 atom stereocenters. The van der Waals surface area contributed by atoms with Crippen molar-refractivity contribution >= 4 is 16.9 Å². The molecule has 1 fully saturated rings. The van der Waals surface area contributed by atoms with E-state index in [-0.39, 0.29) is 5.91 Å². The fourth-order valence-electron chi connectivity index (χ4n) is 3.81. The smallest absolute Gasteiger partial charge is 0.252 e. The van der Waals surface area contributed by atoms with Crippen molar-refractivity contribution < 1.29 is 4.79 Å². The lowest BCUT2D eigenvalue weighted by atomic mass is 10.1. The zero-order chi connectivity index (χ0) is 20.7. The molecule has 1 aliphatic carbocycles. The molecular weight excluding hydrogens is 374 g/mol. The Morgan fingerprint density at radius 3 is 2.73 bits per heavy atom. The normalized spacial score (nSPS) is 13.5. The van der Waals surface area contributed by atoms with Crippen molar-refractivity contribution in [3.63, 3.8) is 0 Å². The average Bonchev–Trinajstić information content (AvgIpc) is 3.56. The summed E-state index contributed by atoms with van der Waals surface area (Å²) in [5.41, 5.74) is 5.31. The Morgan fingerprint density at radius 1 is 1.13 bits per heavy atom. The van der Waals surface area contributed by atoms with E-state index < -0.39 is 0 Å². The molecule has 1 aliphatic rings. The number of hydrogen-bond donors (Lipinski definition) is 1. The van der Waals surface area contributed by atoms with Gasteiger partial charge in [0.05, 0.1) is 16.6 Å². The number of pyridine rings is 2. The number of aryl methyl sites for hydroxylation is 2. The number of hydrogen-bond acceptors (Lipinski definition) is 4. The number of carbonyl (C=O) groups is 1. The first kappa shape index (κ1) is 18.5. The second-order valence-corrected chi connectivity index (χ2v) is 7.92.